The lowest BCUT2D eigenvalue weighted by molar-refractivity contribution is 0.559. The molecule has 1 aliphatic carbocycles. The van der Waals surface area contributed by atoms with Crippen LogP contribution >= 0.6 is 15.9 Å². The smallest absolute Gasteiger partial charge is 0.207 e. The zero-order valence-electron chi connectivity index (χ0n) is 10.7. The third-order valence-electron chi connectivity index (χ3n) is 3.50. The van der Waals surface area contributed by atoms with Crippen LogP contribution in [-0.4, -0.2) is 13.2 Å². The summed E-state index contributed by atoms with van der Waals surface area (Å²) in [5.74, 6) is 0. The standard InChI is InChI=1S/C15H14BrNO2S/c16-14-10-11-6-4-5-9-13(11)15(14)17-20(18,19)12-7-2-1-3-8-12/h1-9,14-15,17H,10H2. The van der Waals surface area contributed by atoms with Crippen molar-refractivity contribution in [3.8, 4) is 0 Å². The van der Waals surface area contributed by atoms with Crippen LogP contribution in [0.3, 0.4) is 0 Å². The Morgan fingerprint density at radius 3 is 2.40 bits per heavy atom. The van der Waals surface area contributed by atoms with E-state index >= 15 is 0 Å². The van der Waals surface area contributed by atoms with Crippen molar-refractivity contribution in [2.24, 2.45) is 0 Å². The SMILES string of the molecule is O=S(=O)(NC1c2ccccc2CC1Br)c1ccccc1. The molecule has 3 rings (SSSR count). The van der Waals surface area contributed by atoms with E-state index in [0.29, 0.717) is 4.90 Å². The fraction of sp³-hybridized carbons (Fsp3) is 0.200. The Kier molecular flexibility index (Phi) is 3.67. The summed E-state index contributed by atoms with van der Waals surface area (Å²) < 4.78 is 27.6. The summed E-state index contributed by atoms with van der Waals surface area (Å²) >= 11 is 3.58. The number of halogens is 1. The Bertz CT molecular complexity index is 716. The predicted octanol–water partition coefficient (Wildman–Crippen LogP) is 3.03. The topological polar surface area (TPSA) is 46.2 Å². The molecule has 2 aromatic rings. The number of sulfonamides is 1. The largest absolute Gasteiger partial charge is 0.241 e. The summed E-state index contributed by atoms with van der Waals surface area (Å²) in [6, 6.07) is 16.2. The van der Waals surface area contributed by atoms with Crippen molar-refractivity contribution in [1.29, 1.82) is 0 Å². The molecule has 1 aliphatic rings. The molecule has 0 bridgehead atoms. The van der Waals surface area contributed by atoms with Gasteiger partial charge in [0.1, 0.15) is 0 Å². The van der Waals surface area contributed by atoms with Crippen LogP contribution in [0.1, 0.15) is 17.2 Å². The van der Waals surface area contributed by atoms with Crippen LogP contribution in [-0.2, 0) is 16.4 Å². The van der Waals surface area contributed by atoms with Crippen molar-refractivity contribution in [1.82, 2.24) is 4.72 Å². The molecule has 2 aromatic carbocycles. The van der Waals surface area contributed by atoms with Gasteiger partial charge in [-0.25, -0.2) is 13.1 Å². The monoisotopic (exact) mass is 351 g/mol. The maximum Gasteiger partial charge on any atom is 0.241 e. The number of hydrogen-bond acceptors (Lipinski definition) is 2. The fourth-order valence-electron chi connectivity index (χ4n) is 2.52. The average molecular weight is 352 g/mol. The molecular formula is C15H14BrNO2S. The summed E-state index contributed by atoms with van der Waals surface area (Å²) in [7, 11) is -3.50. The van der Waals surface area contributed by atoms with E-state index in [1.54, 1.807) is 30.3 Å². The highest BCUT2D eigenvalue weighted by atomic mass is 79.9. The van der Waals surface area contributed by atoms with Crippen molar-refractivity contribution in [2.75, 3.05) is 0 Å². The van der Waals surface area contributed by atoms with Crippen molar-refractivity contribution >= 4 is 26.0 Å². The first-order valence-electron chi connectivity index (χ1n) is 6.37. The Morgan fingerprint density at radius 2 is 1.65 bits per heavy atom. The van der Waals surface area contributed by atoms with E-state index in [9.17, 15) is 8.42 Å². The first-order valence-corrected chi connectivity index (χ1v) is 8.77. The van der Waals surface area contributed by atoms with Gasteiger partial charge in [-0.2, -0.15) is 0 Å². The summed E-state index contributed by atoms with van der Waals surface area (Å²) in [6.45, 7) is 0. The second kappa shape index (κ2) is 5.31. The molecule has 0 saturated carbocycles. The molecule has 0 aromatic heterocycles. The predicted molar refractivity (Wildman–Crippen MR) is 82.4 cm³/mol. The van der Waals surface area contributed by atoms with Crippen molar-refractivity contribution in [2.45, 2.75) is 22.2 Å². The van der Waals surface area contributed by atoms with Gasteiger partial charge in [-0.3, -0.25) is 0 Å². The van der Waals surface area contributed by atoms with Crippen molar-refractivity contribution in [3.05, 3.63) is 65.7 Å². The first-order chi connectivity index (χ1) is 9.58. The second-order valence-corrected chi connectivity index (χ2v) is 7.72. The minimum absolute atomic E-state index is 0.0818. The lowest BCUT2D eigenvalue weighted by Crippen LogP contribution is -2.31. The van der Waals surface area contributed by atoms with Gasteiger partial charge in [-0.1, -0.05) is 58.4 Å². The highest BCUT2D eigenvalue weighted by Gasteiger charge is 2.33. The molecule has 0 heterocycles. The normalized spacial score (nSPS) is 21.6. The van der Waals surface area contributed by atoms with E-state index in [2.05, 4.69) is 20.7 Å². The third kappa shape index (κ3) is 2.53. The van der Waals surface area contributed by atoms with Gasteiger partial charge in [-0.15, -0.1) is 0 Å². The molecular weight excluding hydrogens is 338 g/mol. The van der Waals surface area contributed by atoms with Gasteiger partial charge in [0, 0.05) is 4.83 Å². The average Bonchev–Trinajstić information content (AvgIpc) is 2.76. The van der Waals surface area contributed by atoms with Crippen LogP contribution in [0.2, 0.25) is 0 Å². The maximum atomic E-state index is 12.4. The molecule has 0 aliphatic heterocycles. The number of rotatable bonds is 3. The van der Waals surface area contributed by atoms with Gasteiger partial charge in [0.2, 0.25) is 10.0 Å². The zero-order valence-corrected chi connectivity index (χ0v) is 13.1. The summed E-state index contributed by atoms with van der Waals surface area (Å²) in [6.07, 6.45) is 0.831. The number of hydrogen-bond donors (Lipinski definition) is 1. The van der Waals surface area contributed by atoms with E-state index in [4.69, 9.17) is 0 Å². The molecule has 0 radical (unpaired) electrons. The molecule has 0 spiro atoms. The molecule has 5 heteroatoms. The molecule has 0 saturated heterocycles. The Morgan fingerprint density at radius 1 is 1.00 bits per heavy atom. The van der Waals surface area contributed by atoms with E-state index in [1.165, 1.54) is 5.56 Å². The molecule has 20 heavy (non-hydrogen) atoms. The summed E-state index contributed by atoms with van der Waals surface area (Å²) in [5.41, 5.74) is 2.24. The molecule has 2 unspecified atom stereocenters. The Hall–Kier alpha value is -1.17. The lowest BCUT2D eigenvalue weighted by atomic mass is 10.1. The first kappa shape index (κ1) is 13.8. The van der Waals surface area contributed by atoms with Gasteiger partial charge in [0.25, 0.3) is 0 Å². The van der Waals surface area contributed by atoms with Crippen LogP contribution in [0.5, 0.6) is 0 Å². The highest BCUT2D eigenvalue weighted by molar-refractivity contribution is 9.09. The quantitative estimate of drug-likeness (QED) is 0.864. The van der Waals surface area contributed by atoms with Crippen LogP contribution in [0.4, 0.5) is 0 Å². The molecule has 0 fully saturated rings. The Balaban J connectivity index is 1.92. The van der Waals surface area contributed by atoms with Gasteiger partial charge in [0.15, 0.2) is 0 Å². The van der Waals surface area contributed by atoms with Gasteiger partial charge in [-0.05, 0) is 29.7 Å². The zero-order chi connectivity index (χ0) is 14.2. The van der Waals surface area contributed by atoms with E-state index in [1.807, 2.05) is 24.3 Å². The van der Waals surface area contributed by atoms with E-state index < -0.39 is 10.0 Å². The van der Waals surface area contributed by atoms with Crippen LogP contribution < -0.4 is 4.72 Å². The van der Waals surface area contributed by atoms with Crippen molar-refractivity contribution < 1.29 is 8.42 Å². The van der Waals surface area contributed by atoms with Crippen LogP contribution in [0.25, 0.3) is 0 Å². The maximum absolute atomic E-state index is 12.4. The molecule has 2 atom stereocenters. The lowest BCUT2D eigenvalue weighted by Gasteiger charge is -2.17. The minimum atomic E-state index is -3.50. The molecule has 1 N–H and O–H groups in total. The van der Waals surface area contributed by atoms with Crippen molar-refractivity contribution in [3.63, 3.8) is 0 Å². The third-order valence-corrected chi connectivity index (χ3v) is 5.81. The van der Waals surface area contributed by atoms with Gasteiger partial charge < -0.3 is 0 Å². The van der Waals surface area contributed by atoms with Gasteiger partial charge in [0.05, 0.1) is 10.9 Å². The Labute approximate surface area is 127 Å². The number of fused-ring (bicyclic) bond motifs is 1. The fourth-order valence-corrected chi connectivity index (χ4v) is 4.74. The van der Waals surface area contributed by atoms with Crippen LogP contribution in [0, 0.1) is 0 Å². The molecule has 0 amide bonds. The molecule has 104 valence electrons. The van der Waals surface area contributed by atoms with E-state index in [0.717, 1.165) is 12.0 Å². The highest BCUT2D eigenvalue weighted by Crippen LogP contribution is 2.36. The van der Waals surface area contributed by atoms with E-state index in [-0.39, 0.29) is 10.9 Å². The second-order valence-electron chi connectivity index (χ2n) is 4.83. The number of benzene rings is 2. The summed E-state index contributed by atoms with van der Waals surface area (Å²) in [4.78, 5) is 0.377. The van der Waals surface area contributed by atoms with Crippen LogP contribution in [0.15, 0.2) is 59.5 Å². The summed E-state index contributed by atoms with van der Waals surface area (Å²) in [5, 5.41) is 0. The molecule has 3 nitrogen and oxygen atoms in total. The minimum Gasteiger partial charge on any atom is -0.207 e. The van der Waals surface area contributed by atoms with Gasteiger partial charge >= 0.3 is 0 Å². The number of nitrogens with one attached hydrogen (secondary N) is 1. The number of alkyl halides is 1.